The molecule has 0 bridgehead atoms. The molecule has 0 aliphatic heterocycles. The normalized spacial score (nSPS) is 17.9. The third-order valence-corrected chi connectivity index (χ3v) is 2.94. The molecule has 4 nitrogen and oxygen atoms in total. The first kappa shape index (κ1) is 12.0. The summed E-state index contributed by atoms with van der Waals surface area (Å²) in [6, 6.07) is 0. The summed E-state index contributed by atoms with van der Waals surface area (Å²) in [6.07, 6.45) is 5.10. The highest BCUT2D eigenvalue weighted by Crippen LogP contribution is 2.35. The smallest absolute Gasteiger partial charge is 0.303 e. The van der Waals surface area contributed by atoms with Crippen LogP contribution in [0.4, 0.5) is 0 Å². The first-order chi connectivity index (χ1) is 7.09. The summed E-state index contributed by atoms with van der Waals surface area (Å²) in [6.45, 7) is 0. The second-order valence-corrected chi connectivity index (χ2v) is 4.13. The largest absolute Gasteiger partial charge is 0.481 e. The fourth-order valence-corrected chi connectivity index (χ4v) is 2.25. The lowest BCUT2D eigenvalue weighted by atomic mass is 9.77. The molecule has 0 amide bonds. The Bertz CT molecular complexity index is 215. The molecule has 85 valence electrons. The lowest BCUT2D eigenvalue weighted by Gasteiger charge is -2.27. The maximum Gasteiger partial charge on any atom is 0.303 e. The lowest BCUT2D eigenvalue weighted by molar-refractivity contribution is -0.138. The van der Waals surface area contributed by atoms with E-state index in [-0.39, 0.29) is 18.8 Å². The average molecular weight is 213 g/mol. The Kier molecular flexibility index (Phi) is 4.59. The number of hydrogen-bond acceptors (Lipinski definition) is 2. The van der Waals surface area contributed by atoms with Crippen molar-refractivity contribution in [1.82, 2.24) is 0 Å². The highest BCUT2D eigenvalue weighted by atomic mass is 16.4. The fraction of sp³-hybridized carbons (Fsp3) is 0.727. The van der Waals surface area contributed by atoms with Crippen LogP contribution in [-0.4, -0.2) is 22.2 Å². The molecule has 4 heteroatoms. The molecule has 1 fully saturated rings. The third kappa shape index (κ3) is 4.32. The predicted octanol–water partition coefficient (Wildman–Crippen LogP) is 2.09. The van der Waals surface area contributed by atoms with Crippen LogP contribution in [0.5, 0.6) is 0 Å². The van der Waals surface area contributed by atoms with Crippen molar-refractivity contribution < 1.29 is 19.8 Å². The number of carboxylic acid groups (broad SMARTS) is 2. The number of aliphatic carboxylic acids is 2. The molecule has 0 atom stereocenters. The van der Waals surface area contributed by atoms with Crippen LogP contribution in [0.2, 0.25) is 0 Å². The molecule has 15 heavy (non-hydrogen) atoms. The van der Waals surface area contributed by atoms with E-state index < -0.39 is 11.9 Å². The zero-order valence-corrected chi connectivity index (χ0v) is 8.74. The molecule has 0 aromatic carbocycles. The zero-order valence-electron chi connectivity index (χ0n) is 8.74. The van der Waals surface area contributed by atoms with Gasteiger partial charge in [-0.05, 0) is 18.8 Å². The highest BCUT2D eigenvalue weighted by molar-refractivity contribution is 5.74. The minimum atomic E-state index is -0.920. The Morgan fingerprint density at radius 3 is 1.80 bits per heavy atom. The Morgan fingerprint density at radius 1 is 0.933 bits per heavy atom. The van der Waals surface area contributed by atoms with Crippen molar-refractivity contribution in [2.75, 3.05) is 0 Å². The second-order valence-electron chi connectivity index (χ2n) is 4.13. The van der Waals surface area contributed by atoms with Crippen LogP contribution in [-0.2, 0) is 9.59 Å². The SMILES string of the molecule is O=C(O)C[C](CC(=O)O)C1CCCCC1. The van der Waals surface area contributed by atoms with Crippen LogP contribution >= 0.6 is 0 Å². The van der Waals surface area contributed by atoms with E-state index in [1.165, 1.54) is 6.42 Å². The molecule has 0 aromatic heterocycles. The summed E-state index contributed by atoms with van der Waals surface area (Å²) in [5.41, 5.74) is 0. The summed E-state index contributed by atoms with van der Waals surface area (Å²) in [5, 5.41) is 17.4. The topological polar surface area (TPSA) is 74.6 Å². The third-order valence-electron chi connectivity index (χ3n) is 2.94. The number of carbonyl (C=O) groups is 2. The molecular weight excluding hydrogens is 196 g/mol. The number of carboxylic acids is 2. The summed E-state index contributed by atoms with van der Waals surface area (Å²) < 4.78 is 0. The van der Waals surface area contributed by atoms with Gasteiger partial charge in [-0.15, -0.1) is 0 Å². The zero-order chi connectivity index (χ0) is 11.3. The molecule has 0 aromatic rings. The summed E-state index contributed by atoms with van der Waals surface area (Å²) in [4.78, 5) is 21.2. The van der Waals surface area contributed by atoms with Gasteiger partial charge in [-0.2, -0.15) is 0 Å². The quantitative estimate of drug-likeness (QED) is 0.733. The molecule has 0 saturated heterocycles. The number of hydrogen-bond donors (Lipinski definition) is 2. The van der Waals surface area contributed by atoms with Crippen molar-refractivity contribution in [3.8, 4) is 0 Å². The molecule has 1 rings (SSSR count). The van der Waals surface area contributed by atoms with Gasteiger partial charge in [-0.25, -0.2) is 0 Å². The van der Waals surface area contributed by atoms with Crippen LogP contribution in [0.1, 0.15) is 44.9 Å². The molecule has 0 spiro atoms. The minimum absolute atomic E-state index is 0.0863. The van der Waals surface area contributed by atoms with Gasteiger partial charge in [0.15, 0.2) is 0 Å². The Hall–Kier alpha value is -1.06. The number of rotatable bonds is 5. The predicted molar refractivity (Wildman–Crippen MR) is 54.3 cm³/mol. The molecule has 1 saturated carbocycles. The first-order valence-corrected chi connectivity index (χ1v) is 5.37. The van der Waals surface area contributed by atoms with E-state index in [2.05, 4.69) is 0 Å². The van der Waals surface area contributed by atoms with Crippen LogP contribution in [0.25, 0.3) is 0 Å². The van der Waals surface area contributed by atoms with Gasteiger partial charge in [0.25, 0.3) is 0 Å². The Balaban J connectivity index is 2.52. The van der Waals surface area contributed by atoms with Crippen molar-refractivity contribution in [3.05, 3.63) is 5.92 Å². The van der Waals surface area contributed by atoms with Gasteiger partial charge < -0.3 is 10.2 Å². The van der Waals surface area contributed by atoms with Gasteiger partial charge in [-0.3, -0.25) is 9.59 Å². The van der Waals surface area contributed by atoms with E-state index in [0.717, 1.165) is 25.7 Å². The van der Waals surface area contributed by atoms with Crippen molar-refractivity contribution in [2.24, 2.45) is 5.92 Å². The van der Waals surface area contributed by atoms with Crippen LogP contribution < -0.4 is 0 Å². The van der Waals surface area contributed by atoms with E-state index in [0.29, 0.717) is 5.92 Å². The van der Waals surface area contributed by atoms with E-state index >= 15 is 0 Å². The summed E-state index contributed by atoms with van der Waals surface area (Å²) in [5.74, 6) is -0.936. The fourth-order valence-electron chi connectivity index (χ4n) is 2.25. The molecule has 2 N–H and O–H groups in total. The lowest BCUT2D eigenvalue weighted by Crippen LogP contribution is -2.21. The minimum Gasteiger partial charge on any atom is -0.481 e. The van der Waals surface area contributed by atoms with E-state index in [1.807, 2.05) is 0 Å². The van der Waals surface area contributed by atoms with Gasteiger partial charge in [0.05, 0.1) is 12.8 Å². The van der Waals surface area contributed by atoms with Gasteiger partial charge in [0.2, 0.25) is 0 Å². The second kappa shape index (κ2) is 5.73. The summed E-state index contributed by atoms with van der Waals surface area (Å²) in [7, 11) is 0. The van der Waals surface area contributed by atoms with E-state index in [4.69, 9.17) is 10.2 Å². The van der Waals surface area contributed by atoms with E-state index in [9.17, 15) is 9.59 Å². The molecule has 1 aliphatic carbocycles. The Labute approximate surface area is 89.3 Å². The van der Waals surface area contributed by atoms with Gasteiger partial charge in [0, 0.05) is 5.92 Å². The van der Waals surface area contributed by atoms with Crippen LogP contribution in [0.3, 0.4) is 0 Å². The van der Waals surface area contributed by atoms with Crippen molar-refractivity contribution >= 4 is 11.9 Å². The average Bonchev–Trinajstić information content (AvgIpc) is 2.17. The van der Waals surface area contributed by atoms with Crippen LogP contribution in [0, 0.1) is 11.8 Å². The van der Waals surface area contributed by atoms with Crippen molar-refractivity contribution in [1.29, 1.82) is 0 Å². The van der Waals surface area contributed by atoms with Crippen molar-refractivity contribution in [3.63, 3.8) is 0 Å². The van der Waals surface area contributed by atoms with Gasteiger partial charge >= 0.3 is 11.9 Å². The highest BCUT2D eigenvalue weighted by Gasteiger charge is 2.27. The van der Waals surface area contributed by atoms with Gasteiger partial charge in [0.1, 0.15) is 0 Å². The molecule has 0 heterocycles. The molecular formula is C11H17O4. The van der Waals surface area contributed by atoms with Gasteiger partial charge in [-0.1, -0.05) is 19.3 Å². The Morgan fingerprint density at radius 2 is 1.40 bits per heavy atom. The van der Waals surface area contributed by atoms with Crippen LogP contribution in [0.15, 0.2) is 0 Å². The van der Waals surface area contributed by atoms with E-state index in [1.54, 1.807) is 0 Å². The molecule has 1 aliphatic rings. The summed E-state index contributed by atoms with van der Waals surface area (Å²) >= 11 is 0. The van der Waals surface area contributed by atoms with Crippen molar-refractivity contribution in [2.45, 2.75) is 44.9 Å². The first-order valence-electron chi connectivity index (χ1n) is 5.37. The molecule has 0 unspecified atom stereocenters. The maximum absolute atomic E-state index is 10.6. The maximum atomic E-state index is 10.6. The standard InChI is InChI=1S/C11H17O4/c12-10(13)6-9(7-11(14)15)8-4-2-1-3-5-8/h8H,1-7H2,(H,12,13)(H,14,15). The molecule has 1 radical (unpaired) electrons. The monoisotopic (exact) mass is 213 g/mol.